The number of methoxy groups -OCH3 is 2. The molecule has 3 fully saturated rings. The van der Waals surface area contributed by atoms with E-state index in [0.717, 1.165) is 24.9 Å². The first kappa shape index (κ1) is 18.1. The molecule has 6 heteroatoms. The molecule has 1 aromatic rings. The van der Waals surface area contributed by atoms with Crippen LogP contribution in [0.5, 0.6) is 11.5 Å². The highest BCUT2D eigenvalue weighted by molar-refractivity contribution is 5.85. The normalized spacial score (nSPS) is 24.6. The minimum atomic E-state index is -0.257. The summed E-state index contributed by atoms with van der Waals surface area (Å²) in [6, 6.07) is 5.76. The number of carbonyl (C=O) groups excluding carboxylic acids is 2. The third-order valence-corrected chi connectivity index (χ3v) is 5.99. The summed E-state index contributed by atoms with van der Waals surface area (Å²) >= 11 is 0. The maximum Gasteiger partial charge on any atom is 0.225 e. The lowest BCUT2D eigenvalue weighted by atomic mass is 9.87. The number of nitrogens with one attached hydrogen (secondary N) is 1. The van der Waals surface area contributed by atoms with Gasteiger partial charge in [-0.25, -0.2) is 0 Å². The lowest BCUT2D eigenvalue weighted by Crippen LogP contribution is -2.36. The zero-order valence-electron chi connectivity index (χ0n) is 16.1. The van der Waals surface area contributed by atoms with Crippen molar-refractivity contribution in [2.24, 2.45) is 17.8 Å². The fourth-order valence-electron chi connectivity index (χ4n) is 4.06. The fourth-order valence-corrected chi connectivity index (χ4v) is 4.06. The molecule has 146 valence electrons. The topological polar surface area (TPSA) is 67.9 Å². The van der Waals surface area contributed by atoms with Gasteiger partial charge in [0.2, 0.25) is 11.8 Å². The molecule has 1 aromatic carbocycles. The minimum Gasteiger partial charge on any atom is -0.493 e. The summed E-state index contributed by atoms with van der Waals surface area (Å²) in [5, 5.41) is 3.11. The number of benzene rings is 1. The van der Waals surface area contributed by atoms with Gasteiger partial charge in [0.15, 0.2) is 11.5 Å². The van der Waals surface area contributed by atoms with Crippen molar-refractivity contribution in [1.29, 1.82) is 0 Å². The lowest BCUT2D eigenvalue weighted by Gasteiger charge is -2.21. The second-order valence-electron chi connectivity index (χ2n) is 8.00. The van der Waals surface area contributed by atoms with Crippen molar-refractivity contribution < 1.29 is 19.1 Å². The van der Waals surface area contributed by atoms with E-state index in [1.807, 2.05) is 23.1 Å². The molecule has 2 aliphatic carbocycles. The van der Waals surface area contributed by atoms with Crippen molar-refractivity contribution in [3.63, 3.8) is 0 Å². The van der Waals surface area contributed by atoms with Gasteiger partial charge in [-0.3, -0.25) is 9.59 Å². The predicted octanol–water partition coefficient (Wildman–Crippen LogP) is 2.18. The van der Waals surface area contributed by atoms with Crippen molar-refractivity contribution in [2.45, 2.75) is 31.6 Å². The number of hydrogen-bond acceptors (Lipinski definition) is 4. The number of likely N-dealkylation sites (tertiary alicyclic amines) is 1. The molecule has 0 spiro atoms. The molecule has 3 aliphatic rings. The molecule has 27 heavy (non-hydrogen) atoms. The van der Waals surface area contributed by atoms with Gasteiger partial charge in [-0.15, -0.1) is 0 Å². The first-order valence-electron chi connectivity index (χ1n) is 9.89. The first-order chi connectivity index (χ1) is 13.1. The van der Waals surface area contributed by atoms with Crippen LogP contribution in [0.3, 0.4) is 0 Å². The van der Waals surface area contributed by atoms with E-state index in [-0.39, 0.29) is 29.6 Å². The Labute approximate surface area is 160 Å². The summed E-state index contributed by atoms with van der Waals surface area (Å²) in [7, 11) is 3.23. The van der Waals surface area contributed by atoms with Gasteiger partial charge < -0.3 is 19.7 Å². The standard InChI is InChI=1S/C21H28N2O4/c1-26-18-5-3-4-15(19(18)27-2)16-11-23(21(25)14-8-9-14)12-17(16)20(24)22-10-13-6-7-13/h3-5,13-14,16-17H,6-12H2,1-2H3,(H,22,24). The first-order valence-corrected chi connectivity index (χ1v) is 9.89. The summed E-state index contributed by atoms with van der Waals surface area (Å²) in [6.07, 6.45) is 4.34. The Morgan fingerprint density at radius 3 is 2.52 bits per heavy atom. The smallest absolute Gasteiger partial charge is 0.225 e. The molecule has 1 aliphatic heterocycles. The highest BCUT2D eigenvalue weighted by atomic mass is 16.5. The maximum atomic E-state index is 12.9. The quantitative estimate of drug-likeness (QED) is 0.797. The molecule has 2 atom stereocenters. The number of carbonyl (C=O) groups is 2. The number of rotatable bonds is 7. The number of amides is 2. The van der Waals surface area contributed by atoms with E-state index in [4.69, 9.17) is 9.47 Å². The molecule has 2 amide bonds. The summed E-state index contributed by atoms with van der Waals surface area (Å²) in [4.78, 5) is 27.5. The summed E-state index contributed by atoms with van der Waals surface area (Å²) < 4.78 is 11.0. The summed E-state index contributed by atoms with van der Waals surface area (Å²) in [6.45, 7) is 1.78. The van der Waals surface area contributed by atoms with Gasteiger partial charge in [0.05, 0.1) is 20.1 Å². The SMILES string of the molecule is COc1cccc(C2CN(C(=O)C3CC3)CC2C(=O)NCC2CC2)c1OC. The van der Waals surface area contributed by atoms with Gasteiger partial charge >= 0.3 is 0 Å². The molecule has 0 bridgehead atoms. The average molecular weight is 372 g/mol. The van der Waals surface area contributed by atoms with Gasteiger partial charge in [0.25, 0.3) is 0 Å². The molecule has 4 rings (SSSR count). The zero-order valence-corrected chi connectivity index (χ0v) is 16.1. The predicted molar refractivity (Wildman–Crippen MR) is 101 cm³/mol. The zero-order chi connectivity index (χ0) is 19.0. The molecule has 2 unspecified atom stereocenters. The molecule has 1 heterocycles. The summed E-state index contributed by atoms with van der Waals surface area (Å²) in [5.41, 5.74) is 0.939. The van der Waals surface area contributed by atoms with Gasteiger partial charge in [-0.1, -0.05) is 12.1 Å². The van der Waals surface area contributed by atoms with Crippen LogP contribution in [0.1, 0.15) is 37.2 Å². The van der Waals surface area contributed by atoms with Crippen LogP contribution in [0.15, 0.2) is 18.2 Å². The Bertz CT molecular complexity index is 727. The van der Waals surface area contributed by atoms with E-state index in [1.54, 1.807) is 14.2 Å². The molecule has 2 saturated carbocycles. The number of nitrogens with zero attached hydrogens (tertiary/aromatic N) is 1. The van der Waals surface area contributed by atoms with Crippen molar-refractivity contribution in [3.05, 3.63) is 23.8 Å². The van der Waals surface area contributed by atoms with E-state index in [2.05, 4.69) is 5.32 Å². The Morgan fingerprint density at radius 2 is 1.89 bits per heavy atom. The minimum absolute atomic E-state index is 0.0443. The van der Waals surface area contributed by atoms with E-state index in [9.17, 15) is 9.59 Å². The van der Waals surface area contributed by atoms with Crippen LogP contribution in [0.4, 0.5) is 0 Å². The Morgan fingerprint density at radius 1 is 1.11 bits per heavy atom. The molecule has 6 nitrogen and oxygen atoms in total. The second kappa shape index (κ2) is 7.41. The highest BCUT2D eigenvalue weighted by Gasteiger charge is 2.45. The second-order valence-corrected chi connectivity index (χ2v) is 8.00. The molecular weight excluding hydrogens is 344 g/mol. The average Bonchev–Trinajstić information content (AvgIpc) is 3.62. The van der Waals surface area contributed by atoms with Crippen molar-refractivity contribution >= 4 is 11.8 Å². The summed E-state index contributed by atoms with van der Waals surface area (Å²) in [5.74, 6) is 1.99. The Kier molecular flexibility index (Phi) is 4.98. The monoisotopic (exact) mass is 372 g/mol. The third-order valence-electron chi connectivity index (χ3n) is 5.99. The number of ether oxygens (including phenoxy) is 2. The van der Waals surface area contributed by atoms with Crippen LogP contribution in [0, 0.1) is 17.8 Å². The maximum absolute atomic E-state index is 12.9. The van der Waals surface area contributed by atoms with Crippen molar-refractivity contribution in [2.75, 3.05) is 33.9 Å². The molecular formula is C21H28N2O4. The fraction of sp³-hybridized carbons (Fsp3) is 0.619. The Hall–Kier alpha value is -2.24. The number of para-hydroxylation sites is 1. The third kappa shape index (κ3) is 3.75. The molecule has 1 saturated heterocycles. The van der Waals surface area contributed by atoms with Gasteiger partial charge in [-0.2, -0.15) is 0 Å². The van der Waals surface area contributed by atoms with Crippen molar-refractivity contribution in [1.82, 2.24) is 10.2 Å². The van der Waals surface area contributed by atoms with Gasteiger partial charge in [-0.05, 0) is 37.7 Å². The molecule has 0 aromatic heterocycles. The van der Waals surface area contributed by atoms with E-state index >= 15 is 0 Å². The molecule has 0 radical (unpaired) electrons. The van der Waals surface area contributed by atoms with Gasteiger partial charge in [0.1, 0.15) is 0 Å². The number of hydrogen-bond donors (Lipinski definition) is 1. The van der Waals surface area contributed by atoms with E-state index in [1.165, 1.54) is 12.8 Å². The Balaban J connectivity index is 1.60. The van der Waals surface area contributed by atoms with Crippen LogP contribution in [0.2, 0.25) is 0 Å². The van der Waals surface area contributed by atoms with Crippen LogP contribution in [-0.2, 0) is 9.59 Å². The molecule has 1 N–H and O–H groups in total. The van der Waals surface area contributed by atoms with E-state index in [0.29, 0.717) is 30.5 Å². The highest BCUT2D eigenvalue weighted by Crippen LogP contribution is 2.43. The van der Waals surface area contributed by atoms with Crippen LogP contribution in [-0.4, -0.2) is 50.6 Å². The largest absolute Gasteiger partial charge is 0.493 e. The van der Waals surface area contributed by atoms with Gasteiger partial charge in [0, 0.05) is 37.0 Å². The van der Waals surface area contributed by atoms with Crippen molar-refractivity contribution in [3.8, 4) is 11.5 Å². The van der Waals surface area contributed by atoms with Crippen LogP contribution < -0.4 is 14.8 Å². The van der Waals surface area contributed by atoms with E-state index < -0.39 is 0 Å². The lowest BCUT2D eigenvalue weighted by molar-refractivity contribution is -0.132. The van der Waals surface area contributed by atoms with Crippen LogP contribution >= 0.6 is 0 Å². The van der Waals surface area contributed by atoms with Crippen LogP contribution in [0.25, 0.3) is 0 Å².